The van der Waals surface area contributed by atoms with E-state index in [1.807, 2.05) is 30.5 Å². The van der Waals surface area contributed by atoms with Crippen LogP contribution in [0.1, 0.15) is 12.8 Å². The molecule has 0 aromatic heterocycles. The molecule has 1 aliphatic heterocycles. The molecule has 1 aromatic rings. The van der Waals surface area contributed by atoms with Gasteiger partial charge in [0.25, 0.3) is 0 Å². The average Bonchev–Trinajstić information content (AvgIpc) is 2.29. The van der Waals surface area contributed by atoms with E-state index >= 15 is 0 Å². The molecule has 1 fully saturated rings. The van der Waals surface area contributed by atoms with Crippen LogP contribution in [0.25, 0.3) is 0 Å². The molecule has 0 atom stereocenters. The Bertz CT molecular complexity index is 431. The number of benzene rings is 1. The highest BCUT2D eigenvalue weighted by Crippen LogP contribution is 2.24. The third kappa shape index (κ3) is 2.27. The van der Waals surface area contributed by atoms with E-state index in [1.54, 1.807) is 16.7 Å². The van der Waals surface area contributed by atoms with Crippen molar-refractivity contribution in [2.45, 2.75) is 17.7 Å². The fraction of sp³-hybridized carbons (Fsp3) is 0.333. The fourth-order valence-electron chi connectivity index (χ4n) is 1.77. The maximum atomic E-state index is 11.7. The van der Waals surface area contributed by atoms with E-state index in [4.69, 9.17) is 0 Å². The maximum Gasteiger partial charge on any atom is 0.234 e. The van der Waals surface area contributed by atoms with Crippen LogP contribution in [0.4, 0.5) is 5.69 Å². The minimum atomic E-state index is -0.0884. The van der Waals surface area contributed by atoms with Crippen LogP contribution < -0.4 is 4.90 Å². The zero-order valence-electron chi connectivity index (χ0n) is 9.10. The van der Waals surface area contributed by atoms with E-state index in [1.165, 1.54) is 0 Å². The summed E-state index contributed by atoms with van der Waals surface area (Å²) < 4.78 is 0. The Hall–Kier alpha value is -1.29. The first kappa shape index (κ1) is 11.2. The average molecular weight is 235 g/mol. The van der Waals surface area contributed by atoms with Gasteiger partial charge in [0.2, 0.25) is 5.91 Å². The first-order valence-electron chi connectivity index (χ1n) is 5.17. The number of ketones is 1. The van der Waals surface area contributed by atoms with Gasteiger partial charge in [0.1, 0.15) is 5.78 Å². The van der Waals surface area contributed by atoms with Crippen LogP contribution in [0.15, 0.2) is 29.2 Å². The van der Waals surface area contributed by atoms with Gasteiger partial charge in [-0.3, -0.25) is 9.59 Å². The second kappa shape index (κ2) is 4.70. The van der Waals surface area contributed by atoms with Crippen molar-refractivity contribution >= 4 is 29.1 Å². The van der Waals surface area contributed by atoms with E-state index in [-0.39, 0.29) is 18.1 Å². The predicted molar refractivity (Wildman–Crippen MR) is 64.8 cm³/mol. The minimum absolute atomic E-state index is 0.0438. The Morgan fingerprint density at radius 2 is 2.12 bits per heavy atom. The largest absolute Gasteiger partial charge is 0.312 e. The molecular formula is C12H13NO2S. The topological polar surface area (TPSA) is 37.4 Å². The van der Waals surface area contributed by atoms with Gasteiger partial charge < -0.3 is 4.90 Å². The molecule has 0 radical (unpaired) electrons. The van der Waals surface area contributed by atoms with Crippen molar-refractivity contribution in [3.63, 3.8) is 0 Å². The Morgan fingerprint density at radius 3 is 2.81 bits per heavy atom. The van der Waals surface area contributed by atoms with E-state index < -0.39 is 0 Å². The highest BCUT2D eigenvalue weighted by atomic mass is 32.2. The fourth-order valence-corrected chi connectivity index (χ4v) is 2.22. The molecule has 1 saturated heterocycles. The lowest BCUT2D eigenvalue weighted by Gasteiger charge is -2.26. The van der Waals surface area contributed by atoms with Crippen molar-refractivity contribution in [1.29, 1.82) is 0 Å². The van der Waals surface area contributed by atoms with Gasteiger partial charge in [0, 0.05) is 23.5 Å². The predicted octanol–water partition coefficient (Wildman–Crippen LogP) is 2.10. The van der Waals surface area contributed by atoms with Crippen LogP contribution in [0.5, 0.6) is 0 Å². The zero-order chi connectivity index (χ0) is 11.5. The standard InChI is InChI=1S/C12H13NO2S/c1-16-11-4-2-3-9(7-11)13-6-5-10(14)8-12(13)15/h2-4,7H,5-6,8H2,1H3. The molecular weight excluding hydrogens is 222 g/mol. The maximum absolute atomic E-state index is 11.7. The number of carbonyl (C=O) groups is 2. The number of hydrogen-bond acceptors (Lipinski definition) is 3. The number of thioether (sulfide) groups is 1. The summed E-state index contributed by atoms with van der Waals surface area (Å²) in [6.07, 6.45) is 2.51. The molecule has 4 heteroatoms. The third-order valence-corrected chi connectivity index (χ3v) is 3.35. The molecule has 0 spiro atoms. The van der Waals surface area contributed by atoms with Crippen LogP contribution in [-0.4, -0.2) is 24.5 Å². The minimum Gasteiger partial charge on any atom is -0.312 e. The van der Waals surface area contributed by atoms with E-state index in [2.05, 4.69) is 0 Å². The molecule has 1 heterocycles. The van der Waals surface area contributed by atoms with Crippen molar-refractivity contribution in [3.05, 3.63) is 24.3 Å². The Balaban J connectivity index is 2.23. The third-order valence-electron chi connectivity index (χ3n) is 2.63. The Kier molecular flexibility index (Phi) is 3.29. The highest BCUT2D eigenvalue weighted by molar-refractivity contribution is 7.98. The van der Waals surface area contributed by atoms with Crippen LogP contribution in [0.2, 0.25) is 0 Å². The van der Waals surface area contributed by atoms with Gasteiger partial charge in [0.05, 0.1) is 6.42 Å². The molecule has 1 aliphatic rings. The highest BCUT2D eigenvalue weighted by Gasteiger charge is 2.24. The van der Waals surface area contributed by atoms with Gasteiger partial charge in [-0.15, -0.1) is 11.8 Å². The number of nitrogens with zero attached hydrogens (tertiary/aromatic N) is 1. The number of anilines is 1. The summed E-state index contributed by atoms with van der Waals surface area (Å²) in [5.74, 6) is -0.0447. The first-order valence-corrected chi connectivity index (χ1v) is 6.39. The molecule has 0 saturated carbocycles. The molecule has 0 aliphatic carbocycles. The summed E-state index contributed by atoms with van der Waals surface area (Å²) in [5, 5.41) is 0. The monoisotopic (exact) mass is 235 g/mol. The summed E-state index contributed by atoms with van der Waals surface area (Å²) in [5.41, 5.74) is 0.893. The molecule has 0 N–H and O–H groups in total. The van der Waals surface area contributed by atoms with Gasteiger partial charge in [-0.2, -0.15) is 0 Å². The Labute approximate surface area is 98.8 Å². The summed E-state index contributed by atoms with van der Waals surface area (Å²) in [6.45, 7) is 0.509. The molecule has 0 bridgehead atoms. The molecule has 0 unspecified atom stereocenters. The van der Waals surface area contributed by atoms with Crippen LogP contribution in [0.3, 0.4) is 0 Å². The van der Waals surface area contributed by atoms with Crippen molar-refractivity contribution in [2.75, 3.05) is 17.7 Å². The lowest BCUT2D eigenvalue weighted by atomic mass is 10.1. The smallest absolute Gasteiger partial charge is 0.234 e. The van der Waals surface area contributed by atoms with Crippen molar-refractivity contribution in [2.24, 2.45) is 0 Å². The second-order valence-corrected chi connectivity index (χ2v) is 4.59. The summed E-state index contributed by atoms with van der Waals surface area (Å²) in [7, 11) is 0. The number of Topliss-reactive ketones (excluding diaryl/α,β-unsaturated/α-hetero) is 1. The Morgan fingerprint density at radius 1 is 1.31 bits per heavy atom. The lowest BCUT2D eigenvalue weighted by molar-refractivity contribution is -0.128. The quantitative estimate of drug-likeness (QED) is 0.582. The van der Waals surface area contributed by atoms with Crippen molar-refractivity contribution < 1.29 is 9.59 Å². The van der Waals surface area contributed by atoms with Gasteiger partial charge in [-0.25, -0.2) is 0 Å². The number of carbonyl (C=O) groups excluding carboxylic acids is 2. The first-order chi connectivity index (χ1) is 7.70. The molecule has 16 heavy (non-hydrogen) atoms. The second-order valence-electron chi connectivity index (χ2n) is 3.71. The zero-order valence-corrected chi connectivity index (χ0v) is 9.92. The van der Waals surface area contributed by atoms with Gasteiger partial charge in [0.15, 0.2) is 0 Å². The van der Waals surface area contributed by atoms with Gasteiger partial charge in [-0.1, -0.05) is 6.07 Å². The molecule has 1 amide bonds. The van der Waals surface area contributed by atoms with Gasteiger partial charge >= 0.3 is 0 Å². The van der Waals surface area contributed by atoms with E-state index in [0.29, 0.717) is 13.0 Å². The van der Waals surface area contributed by atoms with Crippen LogP contribution in [0, 0.1) is 0 Å². The normalized spacial score (nSPS) is 16.7. The number of rotatable bonds is 2. The number of hydrogen-bond donors (Lipinski definition) is 0. The summed E-state index contributed by atoms with van der Waals surface area (Å²) in [4.78, 5) is 25.6. The van der Waals surface area contributed by atoms with E-state index in [0.717, 1.165) is 10.6 Å². The SMILES string of the molecule is CSc1cccc(N2CCC(=O)CC2=O)c1. The van der Waals surface area contributed by atoms with Crippen LogP contribution >= 0.6 is 11.8 Å². The summed E-state index contributed by atoms with van der Waals surface area (Å²) >= 11 is 1.64. The molecule has 3 nitrogen and oxygen atoms in total. The molecule has 84 valence electrons. The molecule has 1 aromatic carbocycles. The molecule has 2 rings (SSSR count). The number of amides is 1. The van der Waals surface area contributed by atoms with Crippen molar-refractivity contribution in [3.8, 4) is 0 Å². The van der Waals surface area contributed by atoms with Crippen molar-refractivity contribution in [1.82, 2.24) is 0 Å². The van der Waals surface area contributed by atoms with Gasteiger partial charge in [-0.05, 0) is 24.5 Å². The lowest BCUT2D eigenvalue weighted by Crippen LogP contribution is -2.39. The van der Waals surface area contributed by atoms with E-state index in [9.17, 15) is 9.59 Å². The number of piperidine rings is 1. The summed E-state index contributed by atoms with van der Waals surface area (Å²) in [6, 6.07) is 7.84. The van der Waals surface area contributed by atoms with Crippen LogP contribution in [-0.2, 0) is 9.59 Å².